The van der Waals surface area contributed by atoms with Gasteiger partial charge in [-0.1, -0.05) is 13.3 Å². The van der Waals surface area contributed by atoms with Gasteiger partial charge >= 0.3 is 0 Å². The topological polar surface area (TPSA) is 51.0 Å². The molecule has 0 spiro atoms. The number of nitrogens with zero attached hydrogens (tertiary/aromatic N) is 4. The molecule has 1 amide bonds. The fourth-order valence-corrected chi connectivity index (χ4v) is 2.80. The second kappa shape index (κ2) is 6.65. The van der Waals surface area contributed by atoms with Gasteiger partial charge in [0, 0.05) is 31.9 Å². The van der Waals surface area contributed by atoms with Crippen molar-refractivity contribution >= 4 is 17.2 Å². The van der Waals surface area contributed by atoms with Crippen LogP contribution in [0.15, 0.2) is 18.6 Å². The van der Waals surface area contributed by atoms with Gasteiger partial charge in [0.2, 0.25) is 0 Å². The maximum absolute atomic E-state index is 12.4. The Hall–Kier alpha value is -1.69. The van der Waals surface area contributed by atoms with Crippen molar-refractivity contribution in [2.75, 3.05) is 13.1 Å². The summed E-state index contributed by atoms with van der Waals surface area (Å²) in [5.74, 6) is 0.0774. The molecular formula is C14H20N4OS. The Kier molecular flexibility index (Phi) is 4.89. The van der Waals surface area contributed by atoms with Gasteiger partial charge in [-0.15, -0.1) is 11.3 Å². The van der Waals surface area contributed by atoms with Gasteiger partial charge < -0.3 is 4.90 Å². The van der Waals surface area contributed by atoms with Gasteiger partial charge in [-0.2, -0.15) is 5.10 Å². The molecule has 0 N–H and O–H groups in total. The lowest BCUT2D eigenvalue weighted by Crippen LogP contribution is -2.31. The lowest BCUT2D eigenvalue weighted by molar-refractivity contribution is 0.0767. The quantitative estimate of drug-likeness (QED) is 0.822. The highest BCUT2D eigenvalue weighted by Gasteiger charge is 2.17. The third-order valence-corrected chi connectivity index (χ3v) is 4.15. The van der Waals surface area contributed by atoms with Gasteiger partial charge in [0.15, 0.2) is 0 Å². The van der Waals surface area contributed by atoms with Crippen molar-refractivity contribution in [3.8, 4) is 10.6 Å². The van der Waals surface area contributed by atoms with E-state index in [0.717, 1.165) is 36.5 Å². The number of aromatic nitrogens is 3. The fourth-order valence-electron chi connectivity index (χ4n) is 1.95. The summed E-state index contributed by atoms with van der Waals surface area (Å²) >= 11 is 1.43. The first-order chi connectivity index (χ1) is 9.65. The molecule has 0 saturated heterocycles. The molecule has 2 aromatic rings. The average Bonchev–Trinajstić information content (AvgIpc) is 3.07. The predicted molar refractivity (Wildman–Crippen MR) is 80.8 cm³/mol. The fraction of sp³-hybridized carbons (Fsp3) is 0.500. The molecule has 0 bridgehead atoms. The molecule has 2 aromatic heterocycles. The van der Waals surface area contributed by atoms with E-state index in [1.807, 2.05) is 25.1 Å². The molecule has 6 heteroatoms. The summed E-state index contributed by atoms with van der Waals surface area (Å²) < 4.78 is 1.73. The van der Waals surface area contributed by atoms with Crippen LogP contribution >= 0.6 is 11.3 Å². The Morgan fingerprint density at radius 2 is 2.20 bits per heavy atom. The zero-order chi connectivity index (χ0) is 14.5. The number of carbonyl (C=O) groups is 1. The van der Waals surface area contributed by atoms with Crippen molar-refractivity contribution in [1.82, 2.24) is 19.7 Å². The van der Waals surface area contributed by atoms with Crippen LogP contribution in [-0.4, -0.2) is 38.7 Å². The van der Waals surface area contributed by atoms with Crippen LogP contribution in [0.3, 0.4) is 0 Å². The maximum Gasteiger partial charge on any atom is 0.265 e. The molecule has 2 heterocycles. The van der Waals surface area contributed by atoms with Crippen LogP contribution in [0.2, 0.25) is 0 Å². The molecule has 0 unspecified atom stereocenters. The minimum Gasteiger partial charge on any atom is -0.338 e. The summed E-state index contributed by atoms with van der Waals surface area (Å²) in [4.78, 5) is 19.3. The summed E-state index contributed by atoms with van der Waals surface area (Å²) in [6.45, 7) is 5.69. The number of hydrogen-bond donors (Lipinski definition) is 0. The molecule has 0 radical (unpaired) electrons. The van der Waals surface area contributed by atoms with Crippen molar-refractivity contribution in [3.63, 3.8) is 0 Å². The van der Waals surface area contributed by atoms with E-state index < -0.39 is 0 Å². The molecule has 0 fully saturated rings. The average molecular weight is 292 g/mol. The minimum absolute atomic E-state index is 0.0774. The first-order valence-electron chi connectivity index (χ1n) is 6.89. The zero-order valence-corrected chi connectivity index (χ0v) is 13.0. The van der Waals surface area contributed by atoms with Crippen LogP contribution < -0.4 is 0 Å². The summed E-state index contributed by atoms with van der Waals surface area (Å²) in [6, 6.07) is 0. The first-order valence-corrected chi connectivity index (χ1v) is 7.71. The van der Waals surface area contributed by atoms with Crippen LogP contribution in [0.4, 0.5) is 0 Å². The zero-order valence-electron chi connectivity index (χ0n) is 12.2. The van der Waals surface area contributed by atoms with E-state index in [-0.39, 0.29) is 5.91 Å². The predicted octanol–water partition coefficient (Wildman–Crippen LogP) is 2.81. The van der Waals surface area contributed by atoms with Gasteiger partial charge in [-0.3, -0.25) is 9.48 Å². The number of hydrogen-bond acceptors (Lipinski definition) is 4. The van der Waals surface area contributed by atoms with Crippen LogP contribution in [0, 0.1) is 0 Å². The Labute approximate surface area is 123 Å². The van der Waals surface area contributed by atoms with Crippen LogP contribution in [0.5, 0.6) is 0 Å². The highest BCUT2D eigenvalue weighted by molar-refractivity contribution is 7.16. The van der Waals surface area contributed by atoms with Crippen LogP contribution in [0.25, 0.3) is 10.6 Å². The highest BCUT2D eigenvalue weighted by atomic mass is 32.1. The summed E-state index contributed by atoms with van der Waals surface area (Å²) in [7, 11) is 1.87. The van der Waals surface area contributed by atoms with E-state index >= 15 is 0 Å². The molecule has 2 rings (SSSR count). The smallest absolute Gasteiger partial charge is 0.265 e. The molecule has 0 aliphatic rings. The monoisotopic (exact) mass is 292 g/mol. The molecule has 0 atom stereocenters. The molecular weight excluding hydrogens is 272 g/mol. The van der Waals surface area contributed by atoms with E-state index in [1.165, 1.54) is 11.3 Å². The Morgan fingerprint density at radius 3 is 2.80 bits per heavy atom. The van der Waals surface area contributed by atoms with Crippen molar-refractivity contribution < 1.29 is 4.79 Å². The van der Waals surface area contributed by atoms with Crippen molar-refractivity contribution in [2.45, 2.75) is 26.7 Å². The first kappa shape index (κ1) is 14.7. The number of unbranched alkanes of at least 4 members (excludes halogenated alkanes) is 1. The van der Waals surface area contributed by atoms with Crippen molar-refractivity contribution in [1.29, 1.82) is 0 Å². The van der Waals surface area contributed by atoms with Gasteiger partial charge in [0.05, 0.1) is 12.4 Å². The number of carbonyl (C=O) groups excluding carboxylic acids is 1. The summed E-state index contributed by atoms with van der Waals surface area (Å²) in [5.41, 5.74) is 0.952. The van der Waals surface area contributed by atoms with Crippen LogP contribution in [-0.2, 0) is 7.05 Å². The van der Waals surface area contributed by atoms with E-state index in [1.54, 1.807) is 17.1 Å². The lowest BCUT2D eigenvalue weighted by Gasteiger charge is -2.19. The lowest BCUT2D eigenvalue weighted by atomic mass is 10.3. The molecule has 20 heavy (non-hydrogen) atoms. The molecule has 0 aliphatic heterocycles. The number of rotatable bonds is 6. The van der Waals surface area contributed by atoms with E-state index in [4.69, 9.17) is 0 Å². The van der Waals surface area contributed by atoms with Gasteiger partial charge in [0.1, 0.15) is 9.88 Å². The van der Waals surface area contributed by atoms with Crippen molar-refractivity contribution in [2.24, 2.45) is 7.05 Å². The van der Waals surface area contributed by atoms with Crippen LogP contribution in [0.1, 0.15) is 36.4 Å². The third kappa shape index (κ3) is 3.25. The molecule has 108 valence electrons. The maximum atomic E-state index is 12.4. The van der Waals surface area contributed by atoms with E-state index in [2.05, 4.69) is 17.0 Å². The Bertz CT molecular complexity index is 575. The molecule has 0 aromatic carbocycles. The van der Waals surface area contributed by atoms with Crippen molar-refractivity contribution in [3.05, 3.63) is 23.5 Å². The molecule has 0 saturated carbocycles. The molecule has 0 aliphatic carbocycles. The van der Waals surface area contributed by atoms with E-state index in [9.17, 15) is 4.79 Å². The molecule has 5 nitrogen and oxygen atoms in total. The minimum atomic E-state index is 0.0774. The number of thiazole rings is 1. The SMILES string of the molecule is CCCCN(CC)C(=O)c1cnc(-c2cnn(C)c2)s1. The Morgan fingerprint density at radius 1 is 1.40 bits per heavy atom. The highest BCUT2D eigenvalue weighted by Crippen LogP contribution is 2.25. The standard InChI is InChI=1S/C14H20N4OS/c1-4-6-7-18(5-2)14(19)12-9-15-13(20-12)11-8-16-17(3)10-11/h8-10H,4-7H2,1-3H3. The second-order valence-corrected chi connectivity index (χ2v) is 5.70. The normalized spacial score (nSPS) is 10.8. The Balaban J connectivity index is 2.13. The van der Waals surface area contributed by atoms with E-state index in [0.29, 0.717) is 4.88 Å². The number of aryl methyl sites for hydroxylation is 1. The van der Waals surface area contributed by atoms with Gasteiger partial charge in [-0.05, 0) is 13.3 Å². The third-order valence-electron chi connectivity index (χ3n) is 3.12. The number of amides is 1. The summed E-state index contributed by atoms with van der Waals surface area (Å²) in [6.07, 6.45) is 7.47. The summed E-state index contributed by atoms with van der Waals surface area (Å²) in [5, 5.41) is 4.97. The second-order valence-electron chi connectivity index (χ2n) is 4.67. The largest absolute Gasteiger partial charge is 0.338 e. The van der Waals surface area contributed by atoms with Gasteiger partial charge in [0.25, 0.3) is 5.91 Å². The van der Waals surface area contributed by atoms with Gasteiger partial charge in [-0.25, -0.2) is 4.98 Å².